The van der Waals surface area contributed by atoms with Crippen molar-refractivity contribution in [1.82, 2.24) is 20.0 Å². The summed E-state index contributed by atoms with van der Waals surface area (Å²) in [6.45, 7) is 7.02. The molecule has 1 heterocycles. The Balaban J connectivity index is 2.12. The van der Waals surface area contributed by atoms with Gasteiger partial charge in [0.15, 0.2) is 0 Å². The lowest BCUT2D eigenvalue weighted by molar-refractivity contribution is 0.125. The second kappa shape index (κ2) is 9.12. The average molecular weight is 272 g/mol. The van der Waals surface area contributed by atoms with Crippen LogP contribution in [0.3, 0.4) is 0 Å². The van der Waals surface area contributed by atoms with Gasteiger partial charge in [-0.05, 0) is 20.5 Å². The Morgan fingerprint density at radius 1 is 1.26 bits per heavy atom. The highest BCUT2D eigenvalue weighted by molar-refractivity contribution is 5.74. The number of nitrogens with one attached hydrogen (secondary N) is 1. The smallest absolute Gasteiger partial charge is 0.317 e. The van der Waals surface area contributed by atoms with Crippen LogP contribution < -0.4 is 5.32 Å². The monoisotopic (exact) mass is 272 g/mol. The standard InChI is InChI=1S/C13H28N4O2/c1-15(2)7-5-14-13(18)17-10-8-16(9-11-17)6-4-12-19-3/h4-12H2,1-3H3,(H,14,18). The van der Waals surface area contributed by atoms with Gasteiger partial charge in [-0.25, -0.2) is 4.79 Å². The Morgan fingerprint density at radius 3 is 2.53 bits per heavy atom. The molecule has 0 saturated carbocycles. The third kappa shape index (κ3) is 6.75. The van der Waals surface area contributed by atoms with Gasteiger partial charge in [-0.3, -0.25) is 4.90 Å². The van der Waals surface area contributed by atoms with Crippen LogP contribution in [-0.4, -0.2) is 94.4 Å². The molecule has 19 heavy (non-hydrogen) atoms. The Morgan fingerprint density at radius 2 is 1.95 bits per heavy atom. The number of carbonyl (C=O) groups excluding carboxylic acids is 1. The number of rotatable bonds is 7. The minimum Gasteiger partial charge on any atom is -0.385 e. The summed E-state index contributed by atoms with van der Waals surface area (Å²) in [7, 11) is 5.74. The minimum atomic E-state index is 0.0680. The summed E-state index contributed by atoms with van der Waals surface area (Å²) in [5.74, 6) is 0. The number of nitrogens with zero attached hydrogens (tertiary/aromatic N) is 3. The van der Waals surface area contributed by atoms with E-state index in [0.29, 0.717) is 6.54 Å². The molecule has 0 aromatic rings. The molecule has 112 valence electrons. The van der Waals surface area contributed by atoms with Crippen molar-refractivity contribution in [2.45, 2.75) is 6.42 Å². The SMILES string of the molecule is COCCCN1CCN(C(=O)NCCN(C)C)CC1. The van der Waals surface area contributed by atoms with Crippen LogP contribution in [0.1, 0.15) is 6.42 Å². The first kappa shape index (κ1) is 16.2. The highest BCUT2D eigenvalue weighted by Crippen LogP contribution is 2.02. The molecule has 0 radical (unpaired) electrons. The first-order chi connectivity index (χ1) is 9.13. The van der Waals surface area contributed by atoms with Crippen molar-refractivity contribution >= 4 is 6.03 Å². The number of methoxy groups -OCH3 is 1. The van der Waals surface area contributed by atoms with Crippen LogP contribution in [0, 0.1) is 0 Å². The zero-order valence-electron chi connectivity index (χ0n) is 12.5. The molecule has 1 fully saturated rings. The quantitative estimate of drug-likeness (QED) is 0.658. The predicted molar refractivity (Wildman–Crippen MR) is 76.5 cm³/mol. The molecule has 0 aliphatic carbocycles. The van der Waals surface area contributed by atoms with Crippen LogP contribution in [0.5, 0.6) is 0 Å². The molecule has 0 aromatic carbocycles. The number of hydrogen-bond donors (Lipinski definition) is 1. The first-order valence-corrected chi connectivity index (χ1v) is 7.02. The summed E-state index contributed by atoms with van der Waals surface area (Å²) in [6, 6.07) is 0.0680. The fourth-order valence-electron chi connectivity index (χ4n) is 2.11. The first-order valence-electron chi connectivity index (χ1n) is 7.02. The van der Waals surface area contributed by atoms with Crippen LogP contribution in [0.25, 0.3) is 0 Å². The van der Waals surface area contributed by atoms with E-state index in [9.17, 15) is 4.79 Å². The summed E-state index contributed by atoms with van der Waals surface area (Å²) in [5, 5.41) is 2.96. The van der Waals surface area contributed by atoms with E-state index in [4.69, 9.17) is 4.74 Å². The van der Waals surface area contributed by atoms with E-state index in [2.05, 4.69) is 15.1 Å². The van der Waals surface area contributed by atoms with E-state index in [0.717, 1.165) is 52.3 Å². The highest BCUT2D eigenvalue weighted by Gasteiger charge is 2.20. The van der Waals surface area contributed by atoms with Gasteiger partial charge in [0.2, 0.25) is 0 Å². The maximum Gasteiger partial charge on any atom is 0.317 e. The minimum absolute atomic E-state index is 0.0680. The van der Waals surface area contributed by atoms with Gasteiger partial charge < -0.3 is 19.9 Å². The van der Waals surface area contributed by atoms with Gasteiger partial charge in [-0.1, -0.05) is 0 Å². The van der Waals surface area contributed by atoms with Gasteiger partial charge in [-0.2, -0.15) is 0 Å². The van der Waals surface area contributed by atoms with Gasteiger partial charge in [-0.15, -0.1) is 0 Å². The van der Waals surface area contributed by atoms with Crippen molar-refractivity contribution < 1.29 is 9.53 Å². The van der Waals surface area contributed by atoms with E-state index in [-0.39, 0.29) is 6.03 Å². The fraction of sp³-hybridized carbons (Fsp3) is 0.923. The molecule has 0 spiro atoms. The van der Waals surface area contributed by atoms with E-state index >= 15 is 0 Å². The van der Waals surface area contributed by atoms with Crippen LogP contribution in [0.2, 0.25) is 0 Å². The molecule has 0 atom stereocenters. The second-order valence-electron chi connectivity index (χ2n) is 5.21. The van der Waals surface area contributed by atoms with Crippen molar-refractivity contribution in [2.24, 2.45) is 0 Å². The predicted octanol–water partition coefficient (Wildman–Crippen LogP) is -0.0883. The highest BCUT2D eigenvalue weighted by atomic mass is 16.5. The Bertz CT molecular complexity index is 253. The van der Waals surface area contributed by atoms with Crippen LogP contribution in [0.4, 0.5) is 4.79 Å². The van der Waals surface area contributed by atoms with Crippen LogP contribution >= 0.6 is 0 Å². The molecule has 0 bridgehead atoms. The normalized spacial score (nSPS) is 16.9. The average Bonchev–Trinajstić information content (AvgIpc) is 2.39. The Hall–Kier alpha value is -0.850. The zero-order valence-corrected chi connectivity index (χ0v) is 12.5. The van der Waals surface area contributed by atoms with E-state index in [1.54, 1.807) is 7.11 Å². The number of hydrogen-bond acceptors (Lipinski definition) is 4. The van der Waals surface area contributed by atoms with E-state index < -0.39 is 0 Å². The molecule has 1 aliphatic heterocycles. The van der Waals surface area contributed by atoms with Crippen molar-refractivity contribution in [3.8, 4) is 0 Å². The Labute approximate surface area is 116 Å². The van der Waals surface area contributed by atoms with Gasteiger partial charge >= 0.3 is 6.03 Å². The van der Waals surface area contributed by atoms with Crippen molar-refractivity contribution in [3.63, 3.8) is 0 Å². The van der Waals surface area contributed by atoms with Gasteiger partial charge in [0.1, 0.15) is 0 Å². The molecule has 0 aromatic heterocycles. The molecular formula is C13H28N4O2. The number of likely N-dealkylation sites (N-methyl/N-ethyl adjacent to an activating group) is 1. The summed E-state index contributed by atoms with van der Waals surface area (Å²) in [4.78, 5) is 18.3. The lowest BCUT2D eigenvalue weighted by atomic mass is 10.3. The molecule has 2 amide bonds. The van der Waals surface area contributed by atoms with Gasteiger partial charge in [0, 0.05) is 59.5 Å². The largest absolute Gasteiger partial charge is 0.385 e. The summed E-state index contributed by atoms with van der Waals surface area (Å²) in [5.41, 5.74) is 0. The molecule has 0 unspecified atom stereocenters. The molecule has 1 rings (SSSR count). The maximum absolute atomic E-state index is 11.9. The molecule has 6 nitrogen and oxygen atoms in total. The number of urea groups is 1. The lowest BCUT2D eigenvalue weighted by Gasteiger charge is -2.34. The molecule has 1 saturated heterocycles. The van der Waals surface area contributed by atoms with Crippen LogP contribution in [-0.2, 0) is 4.74 Å². The molecule has 1 aliphatic rings. The third-order valence-electron chi connectivity index (χ3n) is 3.32. The molecule has 1 N–H and O–H groups in total. The van der Waals surface area contributed by atoms with Crippen molar-refractivity contribution in [3.05, 3.63) is 0 Å². The number of piperazine rings is 1. The second-order valence-corrected chi connectivity index (χ2v) is 5.21. The van der Waals surface area contributed by atoms with Crippen LogP contribution in [0.15, 0.2) is 0 Å². The molecule has 6 heteroatoms. The van der Waals surface area contributed by atoms with Gasteiger partial charge in [0.05, 0.1) is 0 Å². The summed E-state index contributed by atoms with van der Waals surface area (Å²) >= 11 is 0. The summed E-state index contributed by atoms with van der Waals surface area (Å²) in [6.07, 6.45) is 1.06. The van der Waals surface area contributed by atoms with Crippen molar-refractivity contribution in [1.29, 1.82) is 0 Å². The Kier molecular flexibility index (Phi) is 7.78. The number of amides is 2. The number of carbonyl (C=O) groups is 1. The third-order valence-corrected chi connectivity index (χ3v) is 3.32. The lowest BCUT2D eigenvalue weighted by Crippen LogP contribution is -2.52. The fourth-order valence-corrected chi connectivity index (χ4v) is 2.11. The van der Waals surface area contributed by atoms with E-state index in [1.165, 1.54) is 0 Å². The molecular weight excluding hydrogens is 244 g/mol. The zero-order chi connectivity index (χ0) is 14.1. The van der Waals surface area contributed by atoms with Gasteiger partial charge in [0.25, 0.3) is 0 Å². The van der Waals surface area contributed by atoms with Crippen molar-refractivity contribution in [2.75, 3.05) is 73.6 Å². The maximum atomic E-state index is 11.9. The topological polar surface area (TPSA) is 48.1 Å². The number of ether oxygens (including phenoxy) is 1. The van der Waals surface area contributed by atoms with E-state index in [1.807, 2.05) is 19.0 Å². The summed E-state index contributed by atoms with van der Waals surface area (Å²) < 4.78 is 5.05.